The summed E-state index contributed by atoms with van der Waals surface area (Å²) in [7, 11) is 0. The van der Waals surface area contributed by atoms with E-state index < -0.39 is 24.3 Å². The third-order valence-electron chi connectivity index (χ3n) is 2.08. The maximum atomic E-state index is 11.4. The lowest BCUT2D eigenvalue weighted by Crippen LogP contribution is -2.35. The fourth-order valence-corrected chi connectivity index (χ4v) is 1.30. The zero-order valence-electron chi connectivity index (χ0n) is 12.4. The minimum Gasteiger partial charge on any atom is -0.471 e. The summed E-state index contributed by atoms with van der Waals surface area (Å²) in [4.78, 5) is 11.4. The Kier molecular flexibility index (Phi) is 7.41. The van der Waals surface area contributed by atoms with E-state index >= 15 is 0 Å². The number of carbonyl (C=O) groups excluding carboxylic acids is 1. The molecule has 0 aromatic heterocycles. The number of hydrogen-bond donors (Lipinski definition) is 0. The summed E-state index contributed by atoms with van der Waals surface area (Å²) in [5.74, 6) is -1.35. The number of ether oxygens (including phenoxy) is 4. The van der Waals surface area contributed by atoms with Crippen molar-refractivity contribution in [2.45, 2.75) is 59.4 Å². The number of rotatable bonds is 9. The molecule has 0 aliphatic heterocycles. The minimum atomic E-state index is -0.863. The molecule has 0 saturated heterocycles. The van der Waals surface area contributed by atoms with Gasteiger partial charge in [-0.2, -0.15) is 0 Å². The van der Waals surface area contributed by atoms with Crippen molar-refractivity contribution >= 4 is 5.97 Å². The van der Waals surface area contributed by atoms with E-state index in [9.17, 15) is 4.79 Å². The third-order valence-corrected chi connectivity index (χ3v) is 2.08. The van der Waals surface area contributed by atoms with Crippen molar-refractivity contribution in [1.29, 1.82) is 0 Å². The van der Waals surface area contributed by atoms with Crippen molar-refractivity contribution in [2.24, 2.45) is 0 Å². The van der Waals surface area contributed by atoms with Crippen LogP contribution in [0.2, 0.25) is 0 Å². The van der Waals surface area contributed by atoms with Gasteiger partial charge in [0.25, 0.3) is 0 Å². The second-order valence-electron chi connectivity index (χ2n) is 4.53. The Hall–Kier alpha value is -1.33. The number of carbonyl (C=O) groups is 1. The van der Waals surface area contributed by atoms with Gasteiger partial charge < -0.3 is 18.9 Å². The summed E-state index contributed by atoms with van der Waals surface area (Å²) >= 11 is 0. The Morgan fingerprint density at radius 1 is 1.42 bits per heavy atom. The zero-order chi connectivity index (χ0) is 15.1. The van der Waals surface area contributed by atoms with Gasteiger partial charge in [-0.1, -0.05) is 20.1 Å². The van der Waals surface area contributed by atoms with Crippen LogP contribution >= 0.6 is 0 Å². The Morgan fingerprint density at radius 3 is 2.42 bits per heavy atom. The van der Waals surface area contributed by atoms with E-state index in [0.717, 1.165) is 0 Å². The van der Waals surface area contributed by atoms with Crippen molar-refractivity contribution in [3.05, 3.63) is 25.0 Å². The van der Waals surface area contributed by atoms with E-state index in [-0.39, 0.29) is 0 Å². The average Bonchev–Trinajstić information content (AvgIpc) is 2.26. The van der Waals surface area contributed by atoms with Crippen LogP contribution in [0.1, 0.15) is 41.0 Å². The van der Waals surface area contributed by atoms with Gasteiger partial charge in [0.05, 0.1) is 6.26 Å². The van der Waals surface area contributed by atoms with Gasteiger partial charge in [-0.25, -0.2) is 4.79 Å². The molecule has 0 rings (SSSR count). The maximum Gasteiger partial charge on any atom is 0.335 e. The summed E-state index contributed by atoms with van der Waals surface area (Å²) in [6.07, 6.45) is 0.525. The van der Waals surface area contributed by atoms with Crippen molar-refractivity contribution in [1.82, 2.24) is 0 Å². The first-order valence-electron chi connectivity index (χ1n) is 6.20. The van der Waals surface area contributed by atoms with Gasteiger partial charge >= 0.3 is 5.97 Å². The highest BCUT2D eigenvalue weighted by Crippen LogP contribution is 2.17. The zero-order valence-corrected chi connectivity index (χ0v) is 12.4. The molecule has 0 amide bonds. The van der Waals surface area contributed by atoms with E-state index in [0.29, 0.717) is 12.0 Å². The summed E-state index contributed by atoms with van der Waals surface area (Å²) in [6.45, 7) is 15.6. The molecule has 110 valence electrons. The van der Waals surface area contributed by atoms with Crippen molar-refractivity contribution in [3.8, 4) is 0 Å². The van der Waals surface area contributed by atoms with Gasteiger partial charge in [0.15, 0.2) is 6.29 Å². The van der Waals surface area contributed by atoms with E-state index in [4.69, 9.17) is 18.9 Å². The van der Waals surface area contributed by atoms with Crippen LogP contribution in [0.15, 0.2) is 25.0 Å². The Labute approximate surface area is 115 Å². The average molecular weight is 272 g/mol. The predicted octanol–water partition coefficient (Wildman–Crippen LogP) is 3.12. The fraction of sp³-hybridized carbons (Fsp3) is 0.643. The van der Waals surface area contributed by atoms with Gasteiger partial charge in [0.2, 0.25) is 12.1 Å². The lowest BCUT2D eigenvalue weighted by molar-refractivity contribution is -0.304. The highest BCUT2D eigenvalue weighted by molar-refractivity contribution is 5.86. The number of hydrogen-bond acceptors (Lipinski definition) is 5. The van der Waals surface area contributed by atoms with Gasteiger partial charge in [-0.15, -0.1) is 0 Å². The van der Waals surface area contributed by atoms with Gasteiger partial charge in [-0.3, -0.25) is 0 Å². The summed E-state index contributed by atoms with van der Waals surface area (Å²) in [5, 5.41) is 0. The molecule has 5 heteroatoms. The van der Waals surface area contributed by atoms with Crippen molar-refractivity contribution in [2.75, 3.05) is 0 Å². The van der Waals surface area contributed by atoms with Gasteiger partial charge in [0.1, 0.15) is 0 Å². The molecule has 0 radical (unpaired) electrons. The molecule has 0 fully saturated rings. The van der Waals surface area contributed by atoms with E-state index in [1.54, 1.807) is 27.7 Å². The quantitative estimate of drug-likeness (QED) is 0.279. The van der Waals surface area contributed by atoms with Crippen molar-refractivity contribution in [3.63, 3.8) is 0 Å². The maximum absolute atomic E-state index is 11.4. The highest BCUT2D eigenvalue weighted by Gasteiger charge is 2.25. The SMILES string of the molecule is C=COC(C)(C)OC(C)OC(CC)OC(=O)C(=C)C. The lowest BCUT2D eigenvalue weighted by Gasteiger charge is -2.29. The summed E-state index contributed by atoms with van der Waals surface area (Å²) in [6, 6.07) is 0. The standard InChI is InChI=1S/C14H24O5/c1-8-12(18-13(15)10(3)4)17-11(5)19-14(6,7)16-9-2/h9,11-12H,2-3,8H2,1,4-7H3. The van der Waals surface area contributed by atoms with Gasteiger partial charge in [0, 0.05) is 25.8 Å². The Balaban J connectivity index is 4.34. The van der Waals surface area contributed by atoms with Crippen LogP contribution in [0.5, 0.6) is 0 Å². The minimum absolute atomic E-state index is 0.325. The fourth-order valence-electron chi connectivity index (χ4n) is 1.30. The summed E-state index contributed by atoms with van der Waals surface area (Å²) < 4.78 is 21.3. The smallest absolute Gasteiger partial charge is 0.335 e. The molecule has 0 heterocycles. The Morgan fingerprint density at radius 2 is 2.00 bits per heavy atom. The molecule has 0 aliphatic rings. The van der Waals surface area contributed by atoms with Crippen LogP contribution in [0, 0.1) is 0 Å². The monoisotopic (exact) mass is 272 g/mol. The van der Waals surface area contributed by atoms with Crippen LogP contribution in [0.3, 0.4) is 0 Å². The second kappa shape index (κ2) is 7.96. The van der Waals surface area contributed by atoms with E-state index in [1.807, 2.05) is 6.92 Å². The predicted molar refractivity (Wildman–Crippen MR) is 72.0 cm³/mol. The molecule has 19 heavy (non-hydrogen) atoms. The molecule has 0 aromatic carbocycles. The molecule has 2 atom stereocenters. The third kappa shape index (κ3) is 7.64. The molecule has 0 bridgehead atoms. The van der Waals surface area contributed by atoms with E-state index in [2.05, 4.69) is 13.2 Å². The second-order valence-corrected chi connectivity index (χ2v) is 4.53. The molecule has 0 aliphatic carbocycles. The van der Waals surface area contributed by atoms with E-state index in [1.165, 1.54) is 6.26 Å². The summed E-state index contributed by atoms with van der Waals surface area (Å²) in [5.41, 5.74) is 0.325. The largest absolute Gasteiger partial charge is 0.471 e. The van der Waals surface area contributed by atoms with Crippen LogP contribution in [0.4, 0.5) is 0 Å². The first kappa shape index (κ1) is 17.7. The molecular weight excluding hydrogens is 248 g/mol. The first-order valence-corrected chi connectivity index (χ1v) is 6.20. The van der Waals surface area contributed by atoms with Crippen LogP contribution in [-0.2, 0) is 23.7 Å². The Bertz CT molecular complexity index is 322. The number of esters is 1. The molecule has 0 saturated carbocycles. The first-order chi connectivity index (χ1) is 8.71. The lowest BCUT2D eigenvalue weighted by atomic mass is 10.3. The molecule has 0 aromatic rings. The van der Waals surface area contributed by atoms with Gasteiger partial charge in [-0.05, 0) is 13.8 Å². The molecule has 2 unspecified atom stereocenters. The van der Waals surface area contributed by atoms with Crippen LogP contribution in [-0.4, -0.2) is 24.3 Å². The van der Waals surface area contributed by atoms with Crippen molar-refractivity contribution < 1.29 is 23.7 Å². The molecule has 0 N–H and O–H groups in total. The van der Waals surface area contributed by atoms with Crippen LogP contribution in [0.25, 0.3) is 0 Å². The topological polar surface area (TPSA) is 54.0 Å². The molecular formula is C14H24O5. The highest BCUT2D eigenvalue weighted by atomic mass is 16.8. The molecule has 0 spiro atoms. The molecule has 5 nitrogen and oxygen atoms in total. The normalized spacial score (nSPS) is 14.4. The van der Waals surface area contributed by atoms with Crippen LogP contribution < -0.4 is 0 Å².